The second kappa shape index (κ2) is 7.57. The molecule has 1 aromatic heterocycles. The highest BCUT2D eigenvalue weighted by Crippen LogP contribution is 2.32. The third-order valence-corrected chi connectivity index (χ3v) is 5.06. The number of carbonyl (C=O) groups excluding carboxylic acids is 2. The van der Waals surface area contributed by atoms with Crippen LogP contribution in [-0.2, 0) is 16.0 Å². The normalized spacial score (nSPS) is 12.6. The average Bonchev–Trinajstić information content (AvgIpc) is 3.00. The zero-order valence-corrected chi connectivity index (χ0v) is 14.9. The maximum Gasteiger partial charge on any atom is 0.348 e. The molecule has 0 radical (unpaired) electrons. The highest BCUT2D eigenvalue weighted by atomic mass is 32.1. The number of ether oxygens (including phenoxy) is 3. The smallest absolute Gasteiger partial charge is 0.348 e. The van der Waals surface area contributed by atoms with Crippen molar-refractivity contribution in [2.45, 2.75) is 20.3 Å². The molecular formula is C18H19NO5S. The Morgan fingerprint density at radius 1 is 1.20 bits per heavy atom. The lowest BCUT2D eigenvalue weighted by atomic mass is 10.2. The van der Waals surface area contributed by atoms with Crippen LogP contribution in [0.5, 0.6) is 11.5 Å². The molecule has 0 aliphatic carbocycles. The first-order valence-electron chi connectivity index (χ1n) is 8.02. The number of carbonyl (C=O) groups is 2. The maximum atomic E-state index is 12.0. The van der Waals surface area contributed by atoms with E-state index in [1.165, 1.54) is 11.3 Å². The van der Waals surface area contributed by atoms with Crippen LogP contribution in [0.25, 0.3) is 0 Å². The van der Waals surface area contributed by atoms with Crippen LogP contribution < -0.4 is 14.8 Å². The lowest BCUT2D eigenvalue weighted by Gasteiger charge is -2.18. The minimum Gasteiger partial charge on any atom is -0.486 e. The van der Waals surface area contributed by atoms with Gasteiger partial charge < -0.3 is 19.5 Å². The Balaban J connectivity index is 1.54. The SMILES string of the molecule is CCc1sc(C(=O)OCC(=O)Nc2ccc3c(c2)OCCO3)cc1C. The van der Waals surface area contributed by atoms with Crippen molar-refractivity contribution < 1.29 is 23.8 Å². The fourth-order valence-corrected chi connectivity index (χ4v) is 3.50. The van der Waals surface area contributed by atoms with Crippen LogP contribution in [0.1, 0.15) is 27.0 Å². The Kier molecular flexibility index (Phi) is 5.23. The number of rotatable bonds is 5. The van der Waals surface area contributed by atoms with E-state index in [0.717, 1.165) is 16.9 Å². The van der Waals surface area contributed by atoms with Gasteiger partial charge in [-0.15, -0.1) is 11.3 Å². The van der Waals surface area contributed by atoms with Crippen LogP contribution in [0.15, 0.2) is 24.3 Å². The Bertz CT molecular complexity index is 799. The van der Waals surface area contributed by atoms with Gasteiger partial charge in [-0.25, -0.2) is 4.79 Å². The molecule has 6 nitrogen and oxygen atoms in total. The minimum atomic E-state index is -0.481. The van der Waals surface area contributed by atoms with Crippen LogP contribution in [0.4, 0.5) is 5.69 Å². The molecular weight excluding hydrogens is 342 g/mol. The van der Waals surface area contributed by atoms with Crippen molar-refractivity contribution in [3.05, 3.63) is 39.6 Å². The zero-order valence-electron chi connectivity index (χ0n) is 14.1. The molecule has 0 spiro atoms. The number of hydrogen-bond donors (Lipinski definition) is 1. The molecule has 1 aliphatic rings. The molecule has 1 N–H and O–H groups in total. The molecule has 3 rings (SSSR count). The summed E-state index contributed by atoms with van der Waals surface area (Å²) in [5, 5.41) is 2.68. The van der Waals surface area contributed by atoms with Gasteiger partial charge in [-0.1, -0.05) is 6.92 Å². The summed E-state index contributed by atoms with van der Waals surface area (Å²) in [6, 6.07) is 6.93. The van der Waals surface area contributed by atoms with Crippen LogP contribution in [0, 0.1) is 6.92 Å². The molecule has 0 bridgehead atoms. The van der Waals surface area contributed by atoms with Crippen molar-refractivity contribution in [1.82, 2.24) is 0 Å². The van der Waals surface area contributed by atoms with Gasteiger partial charge in [-0.3, -0.25) is 4.79 Å². The number of fused-ring (bicyclic) bond motifs is 1. The van der Waals surface area contributed by atoms with Crippen molar-refractivity contribution in [2.75, 3.05) is 25.1 Å². The largest absolute Gasteiger partial charge is 0.486 e. The number of esters is 1. The predicted octanol–water partition coefficient (Wildman–Crippen LogP) is 3.19. The summed E-state index contributed by atoms with van der Waals surface area (Å²) >= 11 is 1.40. The lowest BCUT2D eigenvalue weighted by molar-refractivity contribution is -0.119. The first-order chi connectivity index (χ1) is 12.1. The number of anilines is 1. The first kappa shape index (κ1) is 17.3. The first-order valence-corrected chi connectivity index (χ1v) is 8.84. The molecule has 0 unspecified atom stereocenters. The van der Waals surface area contributed by atoms with E-state index in [0.29, 0.717) is 35.3 Å². The molecule has 0 saturated carbocycles. The van der Waals surface area contributed by atoms with E-state index < -0.39 is 11.9 Å². The van der Waals surface area contributed by atoms with Gasteiger partial charge in [0.2, 0.25) is 0 Å². The number of benzene rings is 1. The Morgan fingerprint density at radius 2 is 1.96 bits per heavy atom. The van der Waals surface area contributed by atoms with Crippen LogP contribution in [0.3, 0.4) is 0 Å². The Labute approximate surface area is 149 Å². The van der Waals surface area contributed by atoms with Crippen LogP contribution in [-0.4, -0.2) is 31.7 Å². The van der Waals surface area contributed by atoms with E-state index in [1.54, 1.807) is 24.3 Å². The zero-order chi connectivity index (χ0) is 17.8. The van der Waals surface area contributed by atoms with Gasteiger partial charge in [0.25, 0.3) is 5.91 Å². The fraction of sp³-hybridized carbons (Fsp3) is 0.333. The molecule has 1 aromatic carbocycles. The van der Waals surface area contributed by atoms with Crippen LogP contribution >= 0.6 is 11.3 Å². The van der Waals surface area contributed by atoms with Crippen molar-refractivity contribution in [3.63, 3.8) is 0 Å². The predicted molar refractivity (Wildman–Crippen MR) is 94.8 cm³/mol. The van der Waals surface area contributed by atoms with E-state index in [-0.39, 0.29) is 6.61 Å². The summed E-state index contributed by atoms with van der Waals surface area (Å²) in [6.07, 6.45) is 0.869. The van der Waals surface area contributed by atoms with Gasteiger partial charge in [-0.2, -0.15) is 0 Å². The molecule has 1 aliphatic heterocycles. The topological polar surface area (TPSA) is 73.9 Å². The fourth-order valence-electron chi connectivity index (χ4n) is 2.49. The van der Waals surface area contributed by atoms with Gasteiger partial charge in [-0.05, 0) is 37.1 Å². The third kappa shape index (κ3) is 4.11. The number of nitrogens with one attached hydrogen (secondary N) is 1. The van der Waals surface area contributed by atoms with Crippen molar-refractivity contribution in [1.29, 1.82) is 0 Å². The quantitative estimate of drug-likeness (QED) is 0.828. The van der Waals surface area contributed by atoms with E-state index in [2.05, 4.69) is 5.32 Å². The van der Waals surface area contributed by atoms with E-state index in [4.69, 9.17) is 14.2 Å². The molecule has 1 amide bonds. The number of hydrogen-bond acceptors (Lipinski definition) is 6. The molecule has 132 valence electrons. The van der Waals surface area contributed by atoms with Gasteiger partial charge in [0.05, 0.1) is 0 Å². The molecule has 2 heterocycles. The molecule has 2 aromatic rings. The molecule has 0 saturated heterocycles. The third-order valence-electron chi connectivity index (χ3n) is 3.70. The second-order valence-electron chi connectivity index (χ2n) is 5.55. The van der Waals surface area contributed by atoms with E-state index in [9.17, 15) is 9.59 Å². The number of aryl methyl sites for hydroxylation is 2. The van der Waals surface area contributed by atoms with E-state index >= 15 is 0 Å². The summed E-state index contributed by atoms with van der Waals surface area (Å²) in [6.45, 7) is 4.64. The molecule has 0 atom stereocenters. The maximum absolute atomic E-state index is 12.0. The second-order valence-corrected chi connectivity index (χ2v) is 6.69. The van der Waals surface area contributed by atoms with Crippen LogP contribution in [0.2, 0.25) is 0 Å². The molecule has 25 heavy (non-hydrogen) atoms. The summed E-state index contributed by atoms with van der Waals surface area (Å²) in [7, 11) is 0. The highest BCUT2D eigenvalue weighted by Gasteiger charge is 2.16. The average molecular weight is 361 g/mol. The van der Waals surface area contributed by atoms with Gasteiger partial charge in [0.15, 0.2) is 18.1 Å². The van der Waals surface area contributed by atoms with Crippen molar-refractivity contribution in [2.24, 2.45) is 0 Å². The van der Waals surface area contributed by atoms with E-state index in [1.807, 2.05) is 13.8 Å². The highest BCUT2D eigenvalue weighted by molar-refractivity contribution is 7.14. The summed E-state index contributed by atoms with van der Waals surface area (Å²) in [5.74, 6) is 0.344. The molecule has 0 fully saturated rings. The monoisotopic (exact) mass is 361 g/mol. The Morgan fingerprint density at radius 3 is 2.68 bits per heavy atom. The number of thiophene rings is 1. The molecule has 7 heteroatoms. The van der Waals surface area contributed by atoms with Crippen molar-refractivity contribution in [3.8, 4) is 11.5 Å². The summed E-state index contributed by atoms with van der Waals surface area (Å²) < 4.78 is 16.0. The standard InChI is InChI=1S/C18H19NO5S/c1-3-15-11(2)8-16(25-15)18(21)24-10-17(20)19-12-4-5-13-14(9-12)23-7-6-22-13/h4-5,8-9H,3,6-7,10H2,1-2H3,(H,19,20). The van der Waals surface area contributed by atoms with Gasteiger partial charge in [0, 0.05) is 16.6 Å². The Hall–Kier alpha value is -2.54. The number of amides is 1. The summed E-state index contributed by atoms with van der Waals surface area (Å²) in [4.78, 5) is 25.7. The van der Waals surface area contributed by atoms with Gasteiger partial charge in [0.1, 0.15) is 18.1 Å². The van der Waals surface area contributed by atoms with Gasteiger partial charge >= 0.3 is 5.97 Å². The summed E-state index contributed by atoms with van der Waals surface area (Å²) in [5.41, 5.74) is 1.63. The lowest BCUT2D eigenvalue weighted by Crippen LogP contribution is -2.21. The van der Waals surface area contributed by atoms with Crippen molar-refractivity contribution >= 4 is 28.9 Å². The minimum absolute atomic E-state index is 0.342.